The monoisotopic (exact) mass is 219 g/mol. The Hall–Kier alpha value is -1.88. The molecule has 0 spiro atoms. The molecule has 2 rings (SSSR count). The summed E-state index contributed by atoms with van der Waals surface area (Å²) >= 11 is 0. The minimum Gasteiger partial charge on any atom is -0.311 e. The molecule has 2 aromatic rings. The molecular formula is C11H13N3O2. The highest BCUT2D eigenvalue weighted by Crippen LogP contribution is 2.06. The minimum atomic E-state index is -0.629. The molecule has 1 unspecified atom stereocenters. The van der Waals surface area contributed by atoms with Gasteiger partial charge in [-0.3, -0.25) is 9.36 Å². The number of hydrogen-bond acceptors (Lipinski definition) is 3. The number of rotatable bonds is 1. The van der Waals surface area contributed by atoms with Crippen molar-refractivity contribution in [2.24, 2.45) is 12.8 Å². The molecule has 0 fully saturated rings. The van der Waals surface area contributed by atoms with Crippen molar-refractivity contribution in [3.63, 3.8) is 0 Å². The number of hydrogen-bond donors (Lipinski definition) is 1. The van der Waals surface area contributed by atoms with Crippen molar-refractivity contribution in [3.05, 3.63) is 45.1 Å². The van der Waals surface area contributed by atoms with Gasteiger partial charge in [0.25, 0.3) is 5.56 Å². The molecule has 0 amide bonds. The second-order valence-electron chi connectivity index (χ2n) is 3.77. The highest BCUT2D eigenvalue weighted by Gasteiger charge is 2.12. The van der Waals surface area contributed by atoms with E-state index in [2.05, 4.69) is 0 Å². The Morgan fingerprint density at radius 2 is 1.88 bits per heavy atom. The highest BCUT2D eigenvalue weighted by molar-refractivity contribution is 5.77. The van der Waals surface area contributed by atoms with Crippen LogP contribution >= 0.6 is 0 Å². The molecule has 0 aliphatic heterocycles. The Bertz CT molecular complexity index is 652. The van der Waals surface area contributed by atoms with Gasteiger partial charge in [-0.1, -0.05) is 12.1 Å². The first-order valence-corrected chi connectivity index (χ1v) is 5.00. The van der Waals surface area contributed by atoms with E-state index in [4.69, 9.17) is 5.73 Å². The summed E-state index contributed by atoms with van der Waals surface area (Å²) in [6, 6.07) is 6.98. The smallest absolute Gasteiger partial charge is 0.311 e. The molecule has 5 heteroatoms. The van der Waals surface area contributed by atoms with Gasteiger partial charge in [0.15, 0.2) is 0 Å². The van der Waals surface area contributed by atoms with Gasteiger partial charge < -0.3 is 5.73 Å². The third-order valence-corrected chi connectivity index (χ3v) is 2.61. The van der Waals surface area contributed by atoms with Crippen molar-refractivity contribution >= 4 is 10.9 Å². The van der Waals surface area contributed by atoms with E-state index < -0.39 is 11.9 Å². The summed E-state index contributed by atoms with van der Waals surface area (Å²) in [5, 5.41) is 0.502. The van der Waals surface area contributed by atoms with Crippen molar-refractivity contribution in [2.45, 2.75) is 13.1 Å². The van der Waals surface area contributed by atoms with Gasteiger partial charge in [-0.05, 0) is 19.1 Å². The zero-order valence-corrected chi connectivity index (χ0v) is 9.18. The Morgan fingerprint density at radius 3 is 2.50 bits per heavy atom. The van der Waals surface area contributed by atoms with E-state index in [9.17, 15) is 9.59 Å². The zero-order chi connectivity index (χ0) is 11.9. The van der Waals surface area contributed by atoms with Gasteiger partial charge in [-0.15, -0.1) is 0 Å². The molecule has 0 bridgehead atoms. The fraction of sp³-hybridized carbons (Fsp3) is 0.273. The van der Waals surface area contributed by atoms with Gasteiger partial charge in [0, 0.05) is 7.05 Å². The molecule has 0 saturated carbocycles. The maximum atomic E-state index is 12.0. The van der Waals surface area contributed by atoms with Crippen LogP contribution in [0.15, 0.2) is 33.9 Å². The molecular weight excluding hydrogens is 206 g/mol. The van der Waals surface area contributed by atoms with Crippen molar-refractivity contribution in [2.75, 3.05) is 0 Å². The van der Waals surface area contributed by atoms with Crippen molar-refractivity contribution in [3.8, 4) is 0 Å². The maximum Gasteiger partial charge on any atom is 0.332 e. The second kappa shape index (κ2) is 3.61. The van der Waals surface area contributed by atoms with Crippen LogP contribution in [0.2, 0.25) is 0 Å². The first-order valence-electron chi connectivity index (χ1n) is 5.00. The third kappa shape index (κ3) is 1.37. The average molecular weight is 219 g/mol. The Balaban J connectivity index is 3.07. The second-order valence-corrected chi connectivity index (χ2v) is 3.77. The largest absolute Gasteiger partial charge is 0.332 e. The molecule has 1 aromatic carbocycles. The van der Waals surface area contributed by atoms with E-state index >= 15 is 0 Å². The first kappa shape index (κ1) is 10.6. The third-order valence-electron chi connectivity index (χ3n) is 2.61. The molecule has 16 heavy (non-hydrogen) atoms. The number of aryl methyl sites for hydroxylation is 1. The van der Waals surface area contributed by atoms with Crippen LogP contribution in [0.5, 0.6) is 0 Å². The number of para-hydroxylation sites is 1. The van der Waals surface area contributed by atoms with Crippen LogP contribution < -0.4 is 17.0 Å². The Labute approximate surface area is 91.7 Å². The molecule has 0 aliphatic carbocycles. The summed E-state index contributed by atoms with van der Waals surface area (Å²) < 4.78 is 2.49. The summed E-state index contributed by atoms with van der Waals surface area (Å²) in [6.07, 6.45) is -0.629. The van der Waals surface area contributed by atoms with Gasteiger partial charge in [0.1, 0.15) is 0 Å². The van der Waals surface area contributed by atoms with Gasteiger partial charge in [0.05, 0.1) is 17.1 Å². The molecule has 0 saturated heterocycles. The van der Waals surface area contributed by atoms with E-state index in [1.165, 1.54) is 4.57 Å². The number of fused-ring (bicyclic) bond motifs is 1. The van der Waals surface area contributed by atoms with Crippen molar-refractivity contribution in [1.82, 2.24) is 9.13 Å². The molecule has 5 nitrogen and oxygen atoms in total. The number of nitrogens with zero attached hydrogens (tertiary/aromatic N) is 2. The fourth-order valence-corrected chi connectivity index (χ4v) is 1.79. The topological polar surface area (TPSA) is 70.0 Å². The van der Waals surface area contributed by atoms with E-state index in [0.717, 1.165) is 4.57 Å². The summed E-state index contributed by atoms with van der Waals surface area (Å²) in [5.74, 6) is 0. The molecule has 84 valence electrons. The lowest BCUT2D eigenvalue weighted by Crippen LogP contribution is -2.43. The van der Waals surface area contributed by atoms with Crippen molar-refractivity contribution < 1.29 is 0 Å². The van der Waals surface area contributed by atoms with Gasteiger partial charge in [-0.25, -0.2) is 9.36 Å². The Kier molecular flexibility index (Phi) is 2.40. The summed E-state index contributed by atoms with van der Waals surface area (Å²) in [7, 11) is 1.63. The standard InChI is InChI=1S/C11H13N3O2/c1-7(12)14-10(15)8-5-3-4-6-9(8)13(2)11(14)16/h3-7H,12H2,1-2H3. The minimum absolute atomic E-state index is 0.339. The van der Waals surface area contributed by atoms with Gasteiger partial charge in [0.2, 0.25) is 0 Å². The quantitative estimate of drug-likeness (QED) is 0.743. The van der Waals surface area contributed by atoms with E-state index in [0.29, 0.717) is 10.9 Å². The average Bonchev–Trinajstić information content (AvgIpc) is 2.26. The lowest BCUT2D eigenvalue weighted by molar-refractivity contribution is 0.511. The van der Waals surface area contributed by atoms with Gasteiger partial charge >= 0.3 is 5.69 Å². The van der Waals surface area contributed by atoms with Crippen LogP contribution in [0.1, 0.15) is 13.1 Å². The number of aromatic nitrogens is 2. The first-order chi connectivity index (χ1) is 7.54. The van der Waals surface area contributed by atoms with Crippen LogP contribution in [0.25, 0.3) is 10.9 Å². The maximum absolute atomic E-state index is 12.0. The summed E-state index contributed by atoms with van der Waals surface area (Å²) in [5.41, 5.74) is 5.52. The fourth-order valence-electron chi connectivity index (χ4n) is 1.79. The molecule has 1 heterocycles. The number of nitrogens with two attached hydrogens (primary N) is 1. The predicted molar refractivity (Wildman–Crippen MR) is 62.3 cm³/mol. The van der Waals surface area contributed by atoms with E-state index in [1.807, 2.05) is 0 Å². The van der Waals surface area contributed by atoms with Crippen LogP contribution in [0.4, 0.5) is 0 Å². The van der Waals surface area contributed by atoms with E-state index in [-0.39, 0.29) is 5.56 Å². The lowest BCUT2D eigenvalue weighted by Gasteiger charge is -2.12. The normalized spacial score (nSPS) is 12.9. The van der Waals surface area contributed by atoms with E-state index in [1.54, 1.807) is 38.2 Å². The van der Waals surface area contributed by atoms with Crippen molar-refractivity contribution in [1.29, 1.82) is 0 Å². The SMILES string of the molecule is CC(N)n1c(=O)c2ccccc2n(C)c1=O. The van der Waals surface area contributed by atoms with Gasteiger partial charge in [-0.2, -0.15) is 0 Å². The van der Waals surface area contributed by atoms with Crippen LogP contribution in [0, 0.1) is 0 Å². The zero-order valence-electron chi connectivity index (χ0n) is 9.18. The molecule has 1 atom stereocenters. The molecule has 2 N–H and O–H groups in total. The highest BCUT2D eigenvalue weighted by atomic mass is 16.2. The van der Waals surface area contributed by atoms with Crippen LogP contribution in [-0.4, -0.2) is 9.13 Å². The molecule has 0 radical (unpaired) electrons. The summed E-state index contributed by atoms with van der Waals surface area (Å²) in [4.78, 5) is 23.9. The lowest BCUT2D eigenvalue weighted by atomic mass is 10.2. The van der Waals surface area contributed by atoms with Crippen LogP contribution in [-0.2, 0) is 7.05 Å². The number of benzene rings is 1. The van der Waals surface area contributed by atoms with Crippen LogP contribution in [0.3, 0.4) is 0 Å². The summed E-state index contributed by atoms with van der Waals surface area (Å²) in [6.45, 7) is 1.61. The molecule has 0 aliphatic rings. The predicted octanol–water partition coefficient (Wildman–Crippen LogP) is 0.177. The molecule has 1 aromatic heterocycles. The Morgan fingerprint density at radius 1 is 1.25 bits per heavy atom.